The van der Waals surface area contributed by atoms with Crippen LogP contribution in [0.25, 0.3) is 0 Å². The summed E-state index contributed by atoms with van der Waals surface area (Å²) in [6, 6.07) is 0. The molecule has 0 unspecified atom stereocenters. The van der Waals surface area contributed by atoms with E-state index in [0.717, 1.165) is 17.1 Å². The molecule has 0 radical (unpaired) electrons. The number of alkyl halides is 3. The fourth-order valence-electron chi connectivity index (χ4n) is 0.589. The maximum Gasteiger partial charge on any atom is 0.522 e. The van der Waals surface area contributed by atoms with E-state index in [1.165, 1.54) is 0 Å². The summed E-state index contributed by atoms with van der Waals surface area (Å²) < 4.78 is 61.4. The molecule has 0 rings (SSSR count). The highest BCUT2D eigenvalue weighted by Crippen LogP contribution is 2.28. The second-order valence-electron chi connectivity index (χ2n) is 2.45. The van der Waals surface area contributed by atoms with Crippen molar-refractivity contribution in [1.29, 1.82) is 0 Å². The van der Waals surface area contributed by atoms with Crippen LogP contribution in [0.4, 0.5) is 13.2 Å². The molecule has 86 valence electrons. The summed E-state index contributed by atoms with van der Waals surface area (Å²) in [6.45, 7) is 9.61. The van der Waals surface area contributed by atoms with E-state index in [1.54, 1.807) is 0 Å². The van der Waals surface area contributed by atoms with Gasteiger partial charge in [-0.15, -0.1) is 19.7 Å². The fourth-order valence-corrected chi connectivity index (χ4v) is 3.80. The fraction of sp³-hybridized carbons (Fsp3) is 0.143. The lowest BCUT2D eigenvalue weighted by atomic mass is 11.2. The monoisotopic (exact) mass is 258 g/mol. The van der Waals surface area contributed by atoms with Crippen molar-refractivity contribution < 1.29 is 25.5 Å². The van der Waals surface area contributed by atoms with Crippen LogP contribution in [-0.4, -0.2) is 22.2 Å². The summed E-state index contributed by atoms with van der Waals surface area (Å²) in [7, 11) is -9.12. The molecule has 0 aromatic carbocycles. The maximum atomic E-state index is 12.0. The molecule has 0 aromatic heterocycles. The number of hydrogen-bond acceptors (Lipinski definition) is 3. The van der Waals surface area contributed by atoms with Crippen molar-refractivity contribution in [2.24, 2.45) is 0 Å². The van der Waals surface area contributed by atoms with Gasteiger partial charge in [-0.2, -0.15) is 21.6 Å². The molecule has 0 saturated heterocycles. The number of halogens is 3. The van der Waals surface area contributed by atoms with Crippen LogP contribution in [0.15, 0.2) is 36.8 Å². The van der Waals surface area contributed by atoms with Gasteiger partial charge in [-0.3, -0.25) is 3.87 Å². The molecular weight excluding hydrogens is 249 g/mol. The zero-order valence-corrected chi connectivity index (χ0v) is 9.44. The first-order valence-electron chi connectivity index (χ1n) is 3.57. The summed E-state index contributed by atoms with van der Waals surface area (Å²) in [4.78, 5) is 0. The summed E-state index contributed by atoms with van der Waals surface area (Å²) >= 11 is 0. The Kier molecular flexibility index (Phi) is 4.08. The number of rotatable bonds is 5. The minimum atomic E-state index is -5.64. The van der Waals surface area contributed by atoms with Gasteiger partial charge in [-0.25, -0.2) is 0 Å². The molecule has 3 nitrogen and oxygen atoms in total. The quantitative estimate of drug-likeness (QED) is 0.559. The molecule has 0 saturated carbocycles. The van der Waals surface area contributed by atoms with Crippen LogP contribution in [0.5, 0.6) is 0 Å². The maximum absolute atomic E-state index is 12.0. The van der Waals surface area contributed by atoms with E-state index in [9.17, 15) is 21.6 Å². The van der Waals surface area contributed by atoms with Crippen molar-refractivity contribution >= 4 is 18.4 Å². The van der Waals surface area contributed by atoms with Gasteiger partial charge in [0.2, 0.25) is 0 Å². The molecule has 0 spiro atoms. The summed E-state index contributed by atoms with van der Waals surface area (Å²) in [6.07, 6.45) is 0. The zero-order chi connectivity index (χ0) is 12.3. The predicted octanol–water partition coefficient (Wildman–Crippen LogP) is 1.97. The molecule has 15 heavy (non-hydrogen) atoms. The van der Waals surface area contributed by atoms with Crippen LogP contribution in [-0.2, 0) is 14.0 Å². The van der Waals surface area contributed by atoms with Gasteiger partial charge < -0.3 is 0 Å². The molecule has 0 aliphatic heterocycles. The van der Waals surface area contributed by atoms with Gasteiger partial charge in [0, 0.05) is 0 Å². The molecule has 0 aliphatic rings. The first-order chi connectivity index (χ1) is 6.64. The van der Waals surface area contributed by atoms with Gasteiger partial charge in [-0.1, -0.05) is 17.1 Å². The average molecular weight is 258 g/mol. The first-order valence-corrected chi connectivity index (χ1v) is 7.11. The Hall–Kier alpha value is -0.863. The van der Waals surface area contributed by atoms with Crippen LogP contribution in [0, 0.1) is 0 Å². The van der Waals surface area contributed by atoms with Crippen LogP contribution in [0.2, 0.25) is 0 Å². The largest absolute Gasteiger partial charge is 0.522 e. The molecule has 0 bridgehead atoms. The Labute approximate surface area is 86.8 Å². The molecule has 0 amide bonds. The first kappa shape index (κ1) is 14.1. The normalized spacial score (nSPS) is 13.3. The lowest BCUT2D eigenvalue weighted by Crippen LogP contribution is -2.39. The SMILES string of the molecule is C=C[Si](C=C)(C=C)OS(=O)(=O)C(F)(F)F. The van der Waals surface area contributed by atoms with Crippen molar-refractivity contribution in [3.63, 3.8) is 0 Å². The van der Waals surface area contributed by atoms with E-state index in [-0.39, 0.29) is 0 Å². The predicted molar refractivity (Wildman–Crippen MR) is 52.4 cm³/mol. The van der Waals surface area contributed by atoms with Gasteiger partial charge in [0.15, 0.2) is 0 Å². The van der Waals surface area contributed by atoms with Crippen LogP contribution >= 0.6 is 0 Å². The average Bonchev–Trinajstić information content (AvgIpc) is 2.12. The van der Waals surface area contributed by atoms with Gasteiger partial charge >= 0.3 is 15.6 Å². The molecule has 8 heteroatoms. The Balaban J connectivity index is 5.27. The van der Waals surface area contributed by atoms with Gasteiger partial charge in [-0.05, 0) is 0 Å². The molecule has 0 aromatic rings. The summed E-state index contributed by atoms with van der Waals surface area (Å²) in [5.41, 5.74) is -2.51. The second-order valence-corrected chi connectivity index (χ2v) is 7.42. The van der Waals surface area contributed by atoms with Crippen LogP contribution in [0.1, 0.15) is 0 Å². The molecule has 0 heterocycles. The summed E-state index contributed by atoms with van der Waals surface area (Å²) in [5, 5.41) is 0. The van der Waals surface area contributed by atoms with Crippen molar-refractivity contribution in [2.75, 3.05) is 0 Å². The van der Waals surface area contributed by atoms with Gasteiger partial charge in [0.1, 0.15) is 0 Å². The van der Waals surface area contributed by atoms with Crippen LogP contribution in [0.3, 0.4) is 0 Å². The van der Waals surface area contributed by atoms with E-state index in [0.29, 0.717) is 0 Å². The Bertz CT molecular complexity index is 350. The Morgan fingerprint density at radius 3 is 1.60 bits per heavy atom. The smallest absolute Gasteiger partial charge is 0.293 e. The van der Waals surface area contributed by atoms with E-state index in [2.05, 4.69) is 23.6 Å². The molecular formula is C7H9F3O3SSi. The van der Waals surface area contributed by atoms with Crippen molar-refractivity contribution in [2.45, 2.75) is 5.51 Å². The highest BCUT2D eigenvalue weighted by atomic mass is 32.2. The van der Waals surface area contributed by atoms with E-state index < -0.39 is 23.9 Å². The van der Waals surface area contributed by atoms with E-state index >= 15 is 0 Å². The van der Waals surface area contributed by atoms with Crippen molar-refractivity contribution in [3.8, 4) is 0 Å². The van der Waals surface area contributed by atoms with Crippen molar-refractivity contribution in [1.82, 2.24) is 0 Å². The second kappa shape index (κ2) is 4.33. The number of hydrogen-bond donors (Lipinski definition) is 0. The van der Waals surface area contributed by atoms with Crippen molar-refractivity contribution in [3.05, 3.63) is 36.8 Å². The van der Waals surface area contributed by atoms with E-state index in [1.807, 2.05) is 0 Å². The third-order valence-electron chi connectivity index (χ3n) is 1.49. The topological polar surface area (TPSA) is 43.4 Å². The van der Waals surface area contributed by atoms with E-state index in [4.69, 9.17) is 0 Å². The third kappa shape index (κ3) is 3.04. The molecule has 0 N–H and O–H groups in total. The molecule has 0 aliphatic carbocycles. The van der Waals surface area contributed by atoms with Gasteiger partial charge in [0.25, 0.3) is 8.32 Å². The molecule has 0 atom stereocenters. The highest BCUT2D eigenvalue weighted by Gasteiger charge is 2.50. The standard InChI is InChI=1S/C7H9F3O3SSi/c1-4-15(5-2,6-3)13-14(11,12)7(8,9)10/h4-6H,1-3H2. The van der Waals surface area contributed by atoms with Crippen LogP contribution < -0.4 is 0 Å². The molecule has 0 fully saturated rings. The van der Waals surface area contributed by atoms with Gasteiger partial charge in [0.05, 0.1) is 0 Å². The minimum absolute atomic E-state index is 0.982. The zero-order valence-electron chi connectivity index (χ0n) is 7.62. The lowest BCUT2D eigenvalue weighted by molar-refractivity contribution is -0.0501. The minimum Gasteiger partial charge on any atom is -0.293 e. The third-order valence-corrected chi connectivity index (χ3v) is 6.01. The summed E-state index contributed by atoms with van der Waals surface area (Å²) in [5.74, 6) is 0. The Morgan fingerprint density at radius 1 is 1.07 bits per heavy atom. The Morgan fingerprint density at radius 2 is 1.40 bits per heavy atom. The highest BCUT2D eigenvalue weighted by molar-refractivity contribution is 7.88. The lowest BCUT2D eigenvalue weighted by Gasteiger charge is -2.20.